The average Bonchev–Trinajstić information content (AvgIpc) is 3.39. The lowest BCUT2D eigenvalue weighted by Crippen LogP contribution is -2.33. The minimum absolute atomic E-state index is 0.00350. The zero-order valence-corrected chi connectivity index (χ0v) is 22.6. The molecule has 4 aromatic rings. The summed E-state index contributed by atoms with van der Waals surface area (Å²) >= 11 is 0. The summed E-state index contributed by atoms with van der Waals surface area (Å²) in [5.41, 5.74) is 3.16. The first-order valence-corrected chi connectivity index (χ1v) is 13.3. The van der Waals surface area contributed by atoms with Crippen molar-refractivity contribution in [2.45, 2.75) is 45.6 Å². The Kier molecular flexibility index (Phi) is 9.26. The number of nitrogens with one attached hydrogen (secondary N) is 1. The number of anilines is 1. The summed E-state index contributed by atoms with van der Waals surface area (Å²) in [5, 5.41) is 13.3. The van der Waals surface area contributed by atoms with E-state index in [0.29, 0.717) is 36.0 Å². The number of carbonyl (C=O) groups excluding carboxylic acids is 1. The van der Waals surface area contributed by atoms with E-state index in [0.717, 1.165) is 34.4 Å². The Hall–Kier alpha value is -4.26. The Morgan fingerprint density at radius 2 is 1.77 bits per heavy atom. The van der Waals surface area contributed by atoms with Crippen LogP contribution in [0.3, 0.4) is 0 Å². The van der Waals surface area contributed by atoms with Gasteiger partial charge in [-0.3, -0.25) is 9.59 Å². The van der Waals surface area contributed by atoms with Gasteiger partial charge in [-0.25, -0.2) is 0 Å². The van der Waals surface area contributed by atoms with Gasteiger partial charge in [0, 0.05) is 35.5 Å². The van der Waals surface area contributed by atoms with Gasteiger partial charge in [-0.05, 0) is 60.9 Å². The van der Waals surface area contributed by atoms with Gasteiger partial charge in [0.25, 0.3) is 0 Å². The van der Waals surface area contributed by atoms with Gasteiger partial charge < -0.3 is 24.3 Å². The van der Waals surface area contributed by atoms with Gasteiger partial charge in [0.05, 0.1) is 18.7 Å². The second-order valence-corrected chi connectivity index (χ2v) is 9.71. The number of rotatable bonds is 14. The standard InChI is InChI=1S/C32H35NO6/c1-4-21(2)27(33-24-14-12-22(13-15-24)28(34)9-7-11-32(35)36)20-38-25-16-17-26(30(19-25)37-3)31-18-23-8-5-6-10-29(23)39-31/h5-6,8,10,12-19,21,27,33H,4,7,9,11,20H2,1-3H3,(H,35,36)/t21-,27+/m0/s1. The van der Waals surface area contributed by atoms with Crippen molar-refractivity contribution >= 4 is 28.4 Å². The summed E-state index contributed by atoms with van der Waals surface area (Å²) in [6.45, 7) is 4.76. The van der Waals surface area contributed by atoms with Crippen LogP contribution in [0.1, 0.15) is 49.9 Å². The van der Waals surface area contributed by atoms with Crippen LogP contribution in [0.25, 0.3) is 22.3 Å². The number of Topliss-reactive ketones (excluding diaryl/α,β-unsaturated/α-hetero) is 1. The van der Waals surface area contributed by atoms with Crippen LogP contribution >= 0.6 is 0 Å². The highest BCUT2D eigenvalue weighted by molar-refractivity contribution is 5.96. The van der Waals surface area contributed by atoms with E-state index in [1.807, 2.05) is 60.7 Å². The number of benzene rings is 3. The van der Waals surface area contributed by atoms with Crippen LogP contribution in [0.4, 0.5) is 5.69 Å². The van der Waals surface area contributed by atoms with Crippen molar-refractivity contribution in [1.82, 2.24) is 0 Å². The first-order chi connectivity index (χ1) is 18.9. The molecule has 0 spiro atoms. The Balaban J connectivity index is 1.41. The first kappa shape index (κ1) is 27.8. The van der Waals surface area contributed by atoms with Crippen LogP contribution in [0.5, 0.6) is 11.5 Å². The van der Waals surface area contributed by atoms with Gasteiger partial charge in [0.15, 0.2) is 5.78 Å². The molecule has 7 nitrogen and oxygen atoms in total. The molecule has 0 aliphatic rings. The highest BCUT2D eigenvalue weighted by Gasteiger charge is 2.18. The molecular weight excluding hydrogens is 494 g/mol. The number of carbonyl (C=O) groups is 2. The molecule has 0 bridgehead atoms. The van der Waals surface area contributed by atoms with E-state index >= 15 is 0 Å². The fraction of sp³-hybridized carbons (Fsp3) is 0.312. The molecule has 3 aromatic carbocycles. The molecule has 0 fully saturated rings. The lowest BCUT2D eigenvalue weighted by Gasteiger charge is -2.26. The number of ether oxygens (including phenoxy) is 2. The van der Waals surface area contributed by atoms with E-state index in [1.54, 1.807) is 19.2 Å². The van der Waals surface area contributed by atoms with E-state index in [9.17, 15) is 9.59 Å². The van der Waals surface area contributed by atoms with Crippen molar-refractivity contribution in [3.05, 3.63) is 78.4 Å². The monoisotopic (exact) mass is 529 g/mol. The van der Waals surface area contributed by atoms with Gasteiger partial charge in [-0.1, -0.05) is 38.5 Å². The quantitative estimate of drug-likeness (QED) is 0.164. The summed E-state index contributed by atoms with van der Waals surface area (Å²) < 4.78 is 17.9. The second kappa shape index (κ2) is 13.0. The summed E-state index contributed by atoms with van der Waals surface area (Å²) in [4.78, 5) is 23.0. The zero-order valence-electron chi connectivity index (χ0n) is 22.6. The average molecular weight is 530 g/mol. The normalized spacial score (nSPS) is 12.6. The molecule has 0 unspecified atom stereocenters. The van der Waals surface area contributed by atoms with Crippen molar-refractivity contribution < 1.29 is 28.6 Å². The highest BCUT2D eigenvalue weighted by atomic mass is 16.5. The van der Waals surface area contributed by atoms with E-state index in [1.165, 1.54) is 0 Å². The van der Waals surface area contributed by atoms with Crippen molar-refractivity contribution in [2.24, 2.45) is 5.92 Å². The number of carboxylic acid groups (broad SMARTS) is 1. The summed E-state index contributed by atoms with van der Waals surface area (Å²) in [6.07, 6.45) is 1.53. The van der Waals surface area contributed by atoms with Crippen molar-refractivity contribution in [1.29, 1.82) is 0 Å². The van der Waals surface area contributed by atoms with Crippen LogP contribution in [0.2, 0.25) is 0 Å². The minimum Gasteiger partial charge on any atom is -0.496 e. The van der Waals surface area contributed by atoms with Gasteiger partial charge in [0.1, 0.15) is 29.4 Å². The maximum absolute atomic E-state index is 12.3. The first-order valence-electron chi connectivity index (χ1n) is 13.3. The molecule has 7 heteroatoms. The van der Waals surface area contributed by atoms with E-state index < -0.39 is 5.97 Å². The van der Waals surface area contributed by atoms with Crippen LogP contribution in [-0.4, -0.2) is 36.6 Å². The molecule has 4 rings (SSSR count). The van der Waals surface area contributed by atoms with Gasteiger partial charge in [0.2, 0.25) is 0 Å². The topological polar surface area (TPSA) is 98.0 Å². The van der Waals surface area contributed by atoms with E-state index in [2.05, 4.69) is 19.2 Å². The summed E-state index contributed by atoms with van der Waals surface area (Å²) in [5.74, 6) is 1.50. The predicted octanol–water partition coefficient (Wildman–Crippen LogP) is 7.45. The molecule has 0 aliphatic heterocycles. The smallest absolute Gasteiger partial charge is 0.303 e. The predicted molar refractivity (Wildman–Crippen MR) is 153 cm³/mol. The van der Waals surface area contributed by atoms with Crippen molar-refractivity contribution in [3.63, 3.8) is 0 Å². The Morgan fingerprint density at radius 3 is 2.46 bits per heavy atom. The number of carboxylic acids is 1. The van der Waals surface area contributed by atoms with E-state index in [-0.39, 0.29) is 24.7 Å². The number of hydrogen-bond donors (Lipinski definition) is 2. The van der Waals surface area contributed by atoms with Crippen LogP contribution in [0.15, 0.2) is 77.2 Å². The minimum atomic E-state index is -0.888. The molecule has 2 atom stereocenters. The maximum Gasteiger partial charge on any atom is 0.303 e. The third-order valence-electron chi connectivity index (χ3n) is 6.98. The SMILES string of the molecule is CC[C@H](C)[C@@H](COc1ccc(-c2cc3ccccc3o2)c(OC)c1)Nc1ccc(C(=O)CCCC(=O)O)cc1. The molecule has 0 saturated carbocycles. The number of para-hydroxylation sites is 1. The Bertz CT molecular complexity index is 1370. The molecule has 204 valence electrons. The Morgan fingerprint density at radius 1 is 1.00 bits per heavy atom. The lowest BCUT2D eigenvalue weighted by molar-refractivity contribution is -0.137. The van der Waals surface area contributed by atoms with Crippen molar-refractivity contribution in [3.8, 4) is 22.8 Å². The fourth-order valence-electron chi connectivity index (χ4n) is 4.41. The zero-order chi connectivity index (χ0) is 27.8. The van der Waals surface area contributed by atoms with Crippen LogP contribution in [-0.2, 0) is 4.79 Å². The van der Waals surface area contributed by atoms with Crippen molar-refractivity contribution in [2.75, 3.05) is 19.0 Å². The molecule has 1 aromatic heterocycles. The lowest BCUT2D eigenvalue weighted by atomic mass is 9.99. The molecule has 0 radical (unpaired) electrons. The third-order valence-corrected chi connectivity index (χ3v) is 6.98. The molecule has 0 aliphatic carbocycles. The fourth-order valence-corrected chi connectivity index (χ4v) is 4.41. The summed E-state index contributed by atoms with van der Waals surface area (Å²) in [7, 11) is 1.63. The van der Waals surface area contributed by atoms with E-state index in [4.69, 9.17) is 19.0 Å². The van der Waals surface area contributed by atoms with Crippen LogP contribution in [0, 0.1) is 5.92 Å². The second-order valence-electron chi connectivity index (χ2n) is 9.71. The largest absolute Gasteiger partial charge is 0.496 e. The maximum atomic E-state index is 12.3. The number of aliphatic carboxylic acids is 1. The van der Waals surface area contributed by atoms with Crippen LogP contribution < -0.4 is 14.8 Å². The summed E-state index contributed by atoms with van der Waals surface area (Å²) in [6, 6.07) is 23.0. The molecule has 2 N–H and O–H groups in total. The van der Waals surface area contributed by atoms with Gasteiger partial charge >= 0.3 is 5.97 Å². The van der Waals surface area contributed by atoms with Gasteiger partial charge in [-0.15, -0.1) is 0 Å². The molecule has 0 saturated heterocycles. The number of methoxy groups -OCH3 is 1. The number of ketones is 1. The number of fused-ring (bicyclic) bond motifs is 1. The molecular formula is C32H35NO6. The highest BCUT2D eigenvalue weighted by Crippen LogP contribution is 2.36. The number of furan rings is 1. The Labute approximate surface area is 228 Å². The third kappa shape index (κ3) is 7.19. The molecule has 0 amide bonds. The molecule has 39 heavy (non-hydrogen) atoms. The number of hydrogen-bond acceptors (Lipinski definition) is 6. The van der Waals surface area contributed by atoms with Gasteiger partial charge in [-0.2, -0.15) is 0 Å². The molecule has 1 heterocycles.